The van der Waals surface area contributed by atoms with Crippen LogP contribution in [0, 0.1) is 0 Å². The lowest BCUT2D eigenvalue weighted by Gasteiger charge is -2.20. The Labute approximate surface area is 142 Å². The molecule has 0 fully saturated rings. The second kappa shape index (κ2) is 7.89. The molecule has 0 aromatic heterocycles. The van der Waals surface area contributed by atoms with Crippen molar-refractivity contribution in [3.05, 3.63) is 64.1 Å². The van der Waals surface area contributed by atoms with Gasteiger partial charge in [0.05, 0.1) is 11.7 Å². The molecule has 0 saturated carbocycles. The molecule has 0 aliphatic heterocycles. The zero-order valence-corrected chi connectivity index (χ0v) is 14.2. The van der Waals surface area contributed by atoms with E-state index in [4.69, 9.17) is 0 Å². The van der Waals surface area contributed by atoms with Gasteiger partial charge in [0.2, 0.25) is 5.91 Å². The number of anilines is 1. The molecule has 2 aromatic carbocycles. The fourth-order valence-electron chi connectivity index (χ4n) is 2.41. The fourth-order valence-corrected chi connectivity index (χ4v) is 2.79. The molecule has 6 heteroatoms. The van der Waals surface area contributed by atoms with Crippen LogP contribution in [0.3, 0.4) is 0 Å². The van der Waals surface area contributed by atoms with E-state index in [-0.39, 0.29) is 18.5 Å². The maximum absolute atomic E-state index is 11.4. The average Bonchev–Trinajstić information content (AvgIpc) is 2.50. The Morgan fingerprint density at radius 1 is 1.22 bits per heavy atom. The summed E-state index contributed by atoms with van der Waals surface area (Å²) < 4.78 is 0.851. The van der Waals surface area contributed by atoms with Crippen LogP contribution in [-0.2, 0) is 9.59 Å². The van der Waals surface area contributed by atoms with Crippen molar-refractivity contribution < 1.29 is 20.0 Å². The molecule has 0 saturated heterocycles. The molecule has 0 aliphatic rings. The number of carbonyl (C=O) groups is 2. The van der Waals surface area contributed by atoms with E-state index in [9.17, 15) is 14.7 Å². The summed E-state index contributed by atoms with van der Waals surface area (Å²) in [6.07, 6.45) is 0. The van der Waals surface area contributed by atoms with Gasteiger partial charge >= 0.3 is 0 Å². The van der Waals surface area contributed by atoms with Gasteiger partial charge in [-0.1, -0.05) is 46.3 Å². The normalized spacial score (nSPS) is 11.7. The van der Waals surface area contributed by atoms with Gasteiger partial charge in [0.1, 0.15) is 12.6 Å². The zero-order chi connectivity index (χ0) is 16.8. The summed E-state index contributed by atoms with van der Waals surface area (Å²) in [5.74, 6) is -1.32. The van der Waals surface area contributed by atoms with E-state index in [0.29, 0.717) is 5.69 Å². The summed E-state index contributed by atoms with van der Waals surface area (Å²) in [6, 6.07) is 14.8. The van der Waals surface area contributed by atoms with Crippen LogP contribution in [0.15, 0.2) is 53.0 Å². The molecule has 0 spiro atoms. The Kier molecular flexibility index (Phi) is 5.90. The van der Waals surface area contributed by atoms with Gasteiger partial charge < -0.3 is 20.5 Å². The van der Waals surface area contributed by atoms with Gasteiger partial charge in [-0.3, -0.25) is 4.79 Å². The predicted molar refractivity (Wildman–Crippen MR) is 88.5 cm³/mol. The number of rotatable bonds is 6. The summed E-state index contributed by atoms with van der Waals surface area (Å²) in [7, 11) is 0. The highest BCUT2D eigenvalue weighted by atomic mass is 79.9. The van der Waals surface area contributed by atoms with Crippen LogP contribution in [0.4, 0.5) is 5.69 Å². The maximum atomic E-state index is 11.4. The minimum Gasteiger partial charge on any atom is -0.544 e. The first kappa shape index (κ1) is 17.2. The molecule has 1 atom stereocenters. The Balaban J connectivity index is 2.47. The summed E-state index contributed by atoms with van der Waals surface area (Å²) in [6.45, 7) is 1.26. The largest absolute Gasteiger partial charge is 0.544 e. The highest BCUT2D eigenvalue weighted by Gasteiger charge is 2.21. The number of carboxylic acids is 1. The van der Waals surface area contributed by atoms with Crippen LogP contribution >= 0.6 is 15.9 Å². The van der Waals surface area contributed by atoms with Gasteiger partial charge in [-0.25, -0.2) is 0 Å². The number of nitrogens with one attached hydrogen (secondary N) is 1. The molecule has 5 nitrogen and oxygen atoms in total. The van der Waals surface area contributed by atoms with E-state index in [1.165, 1.54) is 6.92 Å². The van der Waals surface area contributed by atoms with Crippen LogP contribution < -0.4 is 15.7 Å². The SMILES string of the molecule is CC(=O)Nc1ccc(Br)cc1[C@@H]([NH2+]CC(=O)[O-])c1ccccc1. The molecule has 0 heterocycles. The summed E-state index contributed by atoms with van der Waals surface area (Å²) in [4.78, 5) is 22.3. The number of amides is 1. The van der Waals surface area contributed by atoms with Gasteiger partial charge in [0.15, 0.2) is 0 Å². The van der Waals surface area contributed by atoms with Crippen LogP contribution in [0.25, 0.3) is 0 Å². The Morgan fingerprint density at radius 3 is 2.52 bits per heavy atom. The lowest BCUT2D eigenvalue weighted by Crippen LogP contribution is -2.88. The van der Waals surface area contributed by atoms with E-state index >= 15 is 0 Å². The Morgan fingerprint density at radius 2 is 1.91 bits per heavy atom. The van der Waals surface area contributed by atoms with Crippen molar-refractivity contribution in [3.8, 4) is 0 Å². The Bertz CT molecular complexity index is 704. The monoisotopic (exact) mass is 376 g/mol. The summed E-state index contributed by atoms with van der Waals surface area (Å²) in [5.41, 5.74) is 2.42. The van der Waals surface area contributed by atoms with Crippen LogP contribution in [0.2, 0.25) is 0 Å². The predicted octanol–water partition coefficient (Wildman–Crippen LogP) is 0.810. The molecule has 2 aromatic rings. The fraction of sp³-hybridized carbons (Fsp3) is 0.176. The first-order chi connectivity index (χ1) is 11.0. The smallest absolute Gasteiger partial charge is 0.221 e. The van der Waals surface area contributed by atoms with Gasteiger partial charge in [-0.15, -0.1) is 0 Å². The summed E-state index contributed by atoms with van der Waals surface area (Å²) in [5, 5.41) is 15.3. The van der Waals surface area contributed by atoms with Crippen LogP contribution in [0.5, 0.6) is 0 Å². The topological polar surface area (TPSA) is 85.8 Å². The lowest BCUT2D eigenvalue weighted by molar-refractivity contribution is -0.682. The van der Waals surface area contributed by atoms with Crippen molar-refractivity contribution in [2.75, 3.05) is 11.9 Å². The third-order valence-electron chi connectivity index (χ3n) is 3.34. The van der Waals surface area contributed by atoms with Gasteiger partial charge in [-0.05, 0) is 18.2 Å². The maximum Gasteiger partial charge on any atom is 0.221 e. The van der Waals surface area contributed by atoms with Crippen LogP contribution in [0.1, 0.15) is 24.1 Å². The van der Waals surface area contributed by atoms with Crippen molar-refractivity contribution in [1.82, 2.24) is 0 Å². The first-order valence-corrected chi connectivity index (χ1v) is 7.92. The molecular formula is C17H17BrN2O3. The molecule has 0 aliphatic carbocycles. The van der Waals surface area contributed by atoms with Crippen molar-refractivity contribution >= 4 is 33.5 Å². The van der Waals surface area contributed by atoms with E-state index in [0.717, 1.165) is 15.6 Å². The Hall–Kier alpha value is -2.18. The van der Waals surface area contributed by atoms with Gasteiger partial charge in [0, 0.05) is 22.5 Å². The molecule has 3 N–H and O–H groups in total. The van der Waals surface area contributed by atoms with Gasteiger partial charge in [0.25, 0.3) is 0 Å². The number of benzene rings is 2. The second-order valence-corrected chi connectivity index (χ2v) is 6.03. The second-order valence-electron chi connectivity index (χ2n) is 5.11. The van der Waals surface area contributed by atoms with E-state index in [1.54, 1.807) is 11.4 Å². The standard InChI is InChI=1S/C17H17BrN2O3/c1-11(21)20-15-8-7-13(18)9-14(15)17(19-10-16(22)23)12-5-3-2-4-6-12/h2-9,17,19H,10H2,1H3,(H,20,21)(H,22,23)/t17-/m0/s1. The number of aliphatic carboxylic acids is 1. The first-order valence-electron chi connectivity index (χ1n) is 7.12. The number of carbonyl (C=O) groups excluding carboxylic acids is 2. The third-order valence-corrected chi connectivity index (χ3v) is 3.83. The van der Waals surface area contributed by atoms with E-state index < -0.39 is 5.97 Å². The van der Waals surface area contributed by atoms with E-state index in [2.05, 4.69) is 21.2 Å². The van der Waals surface area contributed by atoms with E-state index in [1.807, 2.05) is 42.5 Å². The number of hydrogen-bond acceptors (Lipinski definition) is 3. The molecule has 120 valence electrons. The quantitative estimate of drug-likeness (QED) is 0.781. The minimum absolute atomic E-state index is 0.175. The average molecular weight is 377 g/mol. The van der Waals surface area contributed by atoms with Crippen LogP contribution in [-0.4, -0.2) is 18.4 Å². The number of hydrogen-bond donors (Lipinski definition) is 2. The lowest BCUT2D eigenvalue weighted by atomic mass is 9.97. The van der Waals surface area contributed by atoms with Gasteiger partial charge in [-0.2, -0.15) is 0 Å². The summed E-state index contributed by atoms with van der Waals surface area (Å²) >= 11 is 3.43. The number of carboxylic acid groups (broad SMARTS) is 1. The van der Waals surface area contributed by atoms with Crippen molar-refractivity contribution in [1.29, 1.82) is 0 Å². The number of nitrogens with two attached hydrogens (primary N) is 1. The molecular weight excluding hydrogens is 360 g/mol. The number of halogens is 1. The molecule has 23 heavy (non-hydrogen) atoms. The third kappa shape index (κ3) is 4.91. The molecule has 1 amide bonds. The van der Waals surface area contributed by atoms with Crippen molar-refractivity contribution in [3.63, 3.8) is 0 Å². The van der Waals surface area contributed by atoms with Crippen molar-refractivity contribution in [2.24, 2.45) is 0 Å². The minimum atomic E-state index is -1.14. The molecule has 0 unspecified atom stereocenters. The molecule has 2 rings (SSSR count). The van der Waals surface area contributed by atoms with Crippen molar-refractivity contribution in [2.45, 2.75) is 13.0 Å². The molecule has 0 radical (unpaired) electrons. The molecule has 0 bridgehead atoms. The number of quaternary nitrogens is 1. The highest BCUT2D eigenvalue weighted by Crippen LogP contribution is 2.29. The highest BCUT2D eigenvalue weighted by molar-refractivity contribution is 9.10. The zero-order valence-electron chi connectivity index (χ0n) is 12.6.